The predicted octanol–water partition coefficient (Wildman–Crippen LogP) is 6.33. The predicted molar refractivity (Wildman–Crippen MR) is 128 cm³/mol. The fourth-order valence-corrected chi connectivity index (χ4v) is 3.79. The molecule has 0 fully saturated rings. The van der Waals surface area contributed by atoms with Gasteiger partial charge in [0.25, 0.3) is 5.91 Å². The molecular formula is C22H17Br3N2O3. The third kappa shape index (κ3) is 6.17. The van der Waals surface area contributed by atoms with Crippen LogP contribution in [0.5, 0.6) is 11.5 Å². The highest BCUT2D eigenvalue weighted by atomic mass is 79.9. The van der Waals surface area contributed by atoms with E-state index in [4.69, 9.17) is 9.47 Å². The summed E-state index contributed by atoms with van der Waals surface area (Å²) < 4.78 is 14.0. The summed E-state index contributed by atoms with van der Waals surface area (Å²) in [6, 6.07) is 18.6. The molecule has 0 aliphatic heterocycles. The number of nitrogens with one attached hydrogen (secondary N) is 1. The van der Waals surface area contributed by atoms with Crippen LogP contribution in [0.25, 0.3) is 0 Å². The van der Waals surface area contributed by atoms with Crippen LogP contribution in [0.4, 0.5) is 0 Å². The number of hydrogen-bond acceptors (Lipinski definition) is 4. The number of hydrogen-bond donors (Lipinski definition) is 1. The third-order valence-electron chi connectivity index (χ3n) is 4.01. The summed E-state index contributed by atoms with van der Waals surface area (Å²) in [4.78, 5) is 12.2. The Balaban J connectivity index is 1.69. The lowest BCUT2D eigenvalue weighted by molar-refractivity contribution is 0.0955. The van der Waals surface area contributed by atoms with Crippen molar-refractivity contribution in [2.24, 2.45) is 5.10 Å². The molecule has 3 rings (SSSR count). The molecule has 0 unspecified atom stereocenters. The summed E-state index contributed by atoms with van der Waals surface area (Å²) in [5.41, 5.74) is 4.80. The first-order chi connectivity index (χ1) is 14.5. The number of hydrazone groups is 1. The van der Waals surface area contributed by atoms with E-state index in [9.17, 15) is 4.79 Å². The third-order valence-corrected chi connectivity index (χ3v) is 5.63. The van der Waals surface area contributed by atoms with E-state index in [0.29, 0.717) is 23.7 Å². The van der Waals surface area contributed by atoms with Gasteiger partial charge >= 0.3 is 0 Å². The van der Waals surface area contributed by atoms with E-state index < -0.39 is 0 Å². The van der Waals surface area contributed by atoms with Crippen LogP contribution < -0.4 is 14.9 Å². The highest BCUT2D eigenvalue weighted by Crippen LogP contribution is 2.36. The second kappa shape index (κ2) is 10.7. The van der Waals surface area contributed by atoms with Crippen LogP contribution in [-0.2, 0) is 6.61 Å². The average Bonchev–Trinajstić information content (AvgIpc) is 2.73. The average molecular weight is 597 g/mol. The van der Waals surface area contributed by atoms with E-state index >= 15 is 0 Å². The minimum absolute atomic E-state index is 0.298. The van der Waals surface area contributed by atoms with E-state index in [1.165, 1.54) is 0 Å². The summed E-state index contributed by atoms with van der Waals surface area (Å²) >= 11 is 10.3. The van der Waals surface area contributed by atoms with Crippen molar-refractivity contribution in [2.45, 2.75) is 6.61 Å². The van der Waals surface area contributed by atoms with Crippen LogP contribution in [0.15, 0.2) is 79.2 Å². The summed E-state index contributed by atoms with van der Waals surface area (Å²) in [6.07, 6.45) is 1.54. The molecule has 30 heavy (non-hydrogen) atoms. The zero-order chi connectivity index (χ0) is 21.5. The second-order valence-corrected chi connectivity index (χ2v) is 8.84. The minimum Gasteiger partial charge on any atom is -0.493 e. The lowest BCUT2D eigenvalue weighted by Crippen LogP contribution is -2.17. The first-order valence-corrected chi connectivity index (χ1v) is 11.2. The number of carbonyl (C=O) groups is 1. The van der Waals surface area contributed by atoms with E-state index in [1.54, 1.807) is 37.6 Å². The minimum atomic E-state index is -0.298. The smallest absolute Gasteiger partial charge is 0.271 e. The van der Waals surface area contributed by atoms with Crippen LogP contribution in [0.3, 0.4) is 0 Å². The first-order valence-electron chi connectivity index (χ1n) is 8.80. The first kappa shape index (κ1) is 22.5. The molecule has 1 N–H and O–H groups in total. The Kier molecular flexibility index (Phi) is 8.07. The Morgan fingerprint density at radius 3 is 2.50 bits per heavy atom. The molecule has 1 amide bonds. The second-order valence-electron chi connectivity index (χ2n) is 6.16. The largest absolute Gasteiger partial charge is 0.493 e. The van der Waals surface area contributed by atoms with Gasteiger partial charge in [0.2, 0.25) is 0 Å². The van der Waals surface area contributed by atoms with Crippen molar-refractivity contribution in [3.05, 3.63) is 90.8 Å². The van der Waals surface area contributed by atoms with Crippen LogP contribution in [0, 0.1) is 0 Å². The molecule has 5 nitrogen and oxygen atoms in total. The summed E-state index contributed by atoms with van der Waals surface area (Å²) in [5, 5.41) is 4.03. The van der Waals surface area contributed by atoms with Gasteiger partial charge in [0.1, 0.15) is 6.61 Å². The molecule has 154 valence electrons. The maximum Gasteiger partial charge on any atom is 0.271 e. The zero-order valence-electron chi connectivity index (χ0n) is 15.9. The molecule has 0 heterocycles. The van der Waals surface area contributed by atoms with Crippen molar-refractivity contribution in [1.82, 2.24) is 5.43 Å². The van der Waals surface area contributed by atoms with Gasteiger partial charge in [-0.1, -0.05) is 50.1 Å². The monoisotopic (exact) mass is 594 g/mol. The molecule has 3 aromatic rings. The van der Waals surface area contributed by atoms with Crippen LogP contribution in [-0.4, -0.2) is 19.2 Å². The molecule has 3 aromatic carbocycles. The highest BCUT2D eigenvalue weighted by molar-refractivity contribution is 9.11. The van der Waals surface area contributed by atoms with Gasteiger partial charge in [-0.25, -0.2) is 5.43 Å². The molecule has 8 heteroatoms. The number of amides is 1. The van der Waals surface area contributed by atoms with E-state index in [1.807, 2.05) is 36.4 Å². The Labute approximate surface area is 199 Å². The molecule has 0 radical (unpaired) electrons. The molecule has 0 atom stereocenters. The Bertz CT molecular complexity index is 1070. The number of nitrogens with zero attached hydrogens (tertiary/aromatic N) is 1. The molecule has 0 aliphatic carbocycles. The van der Waals surface area contributed by atoms with Crippen LogP contribution in [0.1, 0.15) is 21.5 Å². The quantitative estimate of drug-likeness (QED) is 0.256. The van der Waals surface area contributed by atoms with Crippen molar-refractivity contribution in [1.29, 1.82) is 0 Å². The summed E-state index contributed by atoms with van der Waals surface area (Å²) in [6.45, 7) is 0.401. The number of rotatable bonds is 7. The topological polar surface area (TPSA) is 59.9 Å². The van der Waals surface area contributed by atoms with E-state index in [0.717, 1.165) is 24.5 Å². The molecule has 0 aliphatic rings. The normalized spacial score (nSPS) is 10.8. The zero-order valence-corrected chi connectivity index (χ0v) is 20.6. The van der Waals surface area contributed by atoms with Gasteiger partial charge in [-0.3, -0.25) is 4.79 Å². The molecule has 0 saturated carbocycles. The van der Waals surface area contributed by atoms with Gasteiger partial charge in [-0.05, 0) is 69.5 Å². The van der Waals surface area contributed by atoms with E-state index in [2.05, 4.69) is 58.3 Å². The van der Waals surface area contributed by atoms with Crippen molar-refractivity contribution in [2.75, 3.05) is 7.11 Å². The Hall–Kier alpha value is -2.16. The van der Waals surface area contributed by atoms with Gasteiger partial charge in [0.05, 0.1) is 17.8 Å². The standard InChI is InChI=1S/C22H17Br3N2O3/c1-29-20-10-15(12-26-27-22(28)16-3-2-4-18(24)11-16)9-19(25)21(20)30-13-14-5-7-17(23)8-6-14/h2-12H,13H2,1H3,(H,27,28)/b26-12-. The molecule has 0 saturated heterocycles. The molecular weight excluding hydrogens is 580 g/mol. The lowest BCUT2D eigenvalue weighted by atomic mass is 10.2. The fourth-order valence-electron chi connectivity index (χ4n) is 2.55. The molecule has 0 spiro atoms. The number of carbonyl (C=O) groups excluding carboxylic acids is 1. The summed E-state index contributed by atoms with van der Waals surface area (Å²) in [7, 11) is 1.57. The number of benzene rings is 3. The van der Waals surface area contributed by atoms with Gasteiger partial charge in [-0.2, -0.15) is 5.10 Å². The fraction of sp³-hybridized carbons (Fsp3) is 0.0909. The van der Waals surface area contributed by atoms with Crippen molar-refractivity contribution >= 4 is 59.9 Å². The van der Waals surface area contributed by atoms with Crippen molar-refractivity contribution in [3.63, 3.8) is 0 Å². The van der Waals surface area contributed by atoms with E-state index in [-0.39, 0.29) is 5.91 Å². The van der Waals surface area contributed by atoms with Crippen LogP contribution in [0.2, 0.25) is 0 Å². The molecule has 0 aromatic heterocycles. The molecule has 0 bridgehead atoms. The Morgan fingerprint density at radius 1 is 1.03 bits per heavy atom. The maximum absolute atomic E-state index is 12.2. The van der Waals surface area contributed by atoms with Gasteiger partial charge < -0.3 is 9.47 Å². The summed E-state index contributed by atoms with van der Waals surface area (Å²) in [5.74, 6) is 0.852. The van der Waals surface area contributed by atoms with Crippen LogP contribution >= 0.6 is 47.8 Å². The maximum atomic E-state index is 12.2. The van der Waals surface area contributed by atoms with Gasteiger partial charge in [0, 0.05) is 14.5 Å². The van der Waals surface area contributed by atoms with Gasteiger partial charge in [-0.15, -0.1) is 0 Å². The van der Waals surface area contributed by atoms with Crippen molar-refractivity contribution < 1.29 is 14.3 Å². The number of methoxy groups -OCH3 is 1. The highest BCUT2D eigenvalue weighted by Gasteiger charge is 2.12. The Morgan fingerprint density at radius 2 is 1.80 bits per heavy atom. The lowest BCUT2D eigenvalue weighted by Gasteiger charge is -2.13. The number of ether oxygens (including phenoxy) is 2. The number of halogens is 3. The van der Waals surface area contributed by atoms with Crippen molar-refractivity contribution in [3.8, 4) is 11.5 Å². The SMILES string of the molecule is COc1cc(/C=N\NC(=O)c2cccc(Br)c2)cc(Br)c1OCc1ccc(Br)cc1. The van der Waals surface area contributed by atoms with Gasteiger partial charge in [0.15, 0.2) is 11.5 Å².